The van der Waals surface area contributed by atoms with Crippen LogP contribution in [0.1, 0.15) is 11.1 Å². The summed E-state index contributed by atoms with van der Waals surface area (Å²) in [5.41, 5.74) is 11.3. The van der Waals surface area contributed by atoms with Crippen molar-refractivity contribution in [2.45, 2.75) is 13.8 Å². The molecule has 0 saturated carbocycles. The van der Waals surface area contributed by atoms with Crippen LogP contribution in [0.15, 0.2) is 36.4 Å². The first-order valence-corrected chi connectivity index (χ1v) is 6.28. The largest absolute Gasteiger partial charge is 0.496 e. The molecule has 0 aromatic heterocycles. The number of benzene rings is 2. The Hall–Kier alpha value is -2.16. The Labute approximate surface area is 114 Å². The monoisotopic (exact) mass is 256 g/mol. The van der Waals surface area contributed by atoms with E-state index in [9.17, 15) is 0 Å². The average Bonchev–Trinajstić information content (AvgIpc) is 2.38. The van der Waals surface area contributed by atoms with Gasteiger partial charge in [0.1, 0.15) is 5.75 Å². The summed E-state index contributed by atoms with van der Waals surface area (Å²) < 4.78 is 5.29. The first kappa shape index (κ1) is 13.3. The normalized spacial score (nSPS) is 10.3. The van der Waals surface area contributed by atoms with Crippen LogP contribution in [0.4, 0.5) is 17.1 Å². The molecule has 0 bridgehead atoms. The molecule has 3 nitrogen and oxygen atoms in total. The van der Waals surface area contributed by atoms with Gasteiger partial charge in [-0.15, -0.1) is 0 Å². The van der Waals surface area contributed by atoms with Gasteiger partial charge >= 0.3 is 0 Å². The number of anilines is 3. The van der Waals surface area contributed by atoms with Crippen LogP contribution >= 0.6 is 0 Å². The zero-order valence-corrected chi connectivity index (χ0v) is 11.9. The molecule has 0 unspecified atom stereocenters. The van der Waals surface area contributed by atoms with Crippen LogP contribution in [-0.4, -0.2) is 14.2 Å². The molecule has 0 aliphatic rings. The molecule has 2 aromatic rings. The minimum absolute atomic E-state index is 0.788. The summed E-state index contributed by atoms with van der Waals surface area (Å²) in [7, 11) is 3.71. The van der Waals surface area contributed by atoms with Gasteiger partial charge in [0.15, 0.2) is 0 Å². The molecule has 19 heavy (non-hydrogen) atoms. The molecule has 0 radical (unpaired) electrons. The second-order valence-electron chi connectivity index (χ2n) is 4.73. The summed E-state index contributed by atoms with van der Waals surface area (Å²) in [6.45, 7) is 4.11. The maximum Gasteiger partial charge on any atom is 0.121 e. The summed E-state index contributed by atoms with van der Waals surface area (Å²) in [5.74, 6) is 0.898. The predicted octanol–water partition coefficient (Wildman–Crippen LogP) is 3.66. The summed E-state index contributed by atoms with van der Waals surface area (Å²) >= 11 is 0. The number of ether oxygens (including phenoxy) is 1. The lowest BCUT2D eigenvalue weighted by Crippen LogP contribution is -2.13. The van der Waals surface area contributed by atoms with E-state index < -0.39 is 0 Å². The highest BCUT2D eigenvalue weighted by atomic mass is 16.5. The van der Waals surface area contributed by atoms with Crippen molar-refractivity contribution < 1.29 is 4.74 Å². The lowest BCUT2D eigenvalue weighted by molar-refractivity contribution is 0.412. The lowest BCUT2D eigenvalue weighted by Gasteiger charge is -2.24. The third-order valence-electron chi connectivity index (χ3n) is 3.37. The van der Waals surface area contributed by atoms with Crippen molar-refractivity contribution in [1.29, 1.82) is 0 Å². The molecule has 2 aromatic carbocycles. The van der Waals surface area contributed by atoms with E-state index in [4.69, 9.17) is 10.5 Å². The van der Waals surface area contributed by atoms with E-state index in [0.717, 1.165) is 33.9 Å². The van der Waals surface area contributed by atoms with Gasteiger partial charge in [0, 0.05) is 12.7 Å². The van der Waals surface area contributed by atoms with Gasteiger partial charge in [-0.25, -0.2) is 0 Å². The van der Waals surface area contributed by atoms with Crippen LogP contribution in [0.3, 0.4) is 0 Å². The van der Waals surface area contributed by atoms with Crippen molar-refractivity contribution in [3.05, 3.63) is 47.5 Å². The first-order valence-electron chi connectivity index (χ1n) is 6.28. The maximum absolute atomic E-state index is 6.09. The number of para-hydroxylation sites is 1. The van der Waals surface area contributed by atoms with Gasteiger partial charge < -0.3 is 15.4 Å². The fourth-order valence-corrected chi connectivity index (χ4v) is 2.34. The van der Waals surface area contributed by atoms with E-state index in [0.29, 0.717) is 0 Å². The van der Waals surface area contributed by atoms with Gasteiger partial charge in [-0.2, -0.15) is 0 Å². The van der Waals surface area contributed by atoms with Gasteiger partial charge in [0.25, 0.3) is 0 Å². The van der Waals surface area contributed by atoms with Crippen molar-refractivity contribution in [2.24, 2.45) is 0 Å². The predicted molar refractivity (Wildman–Crippen MR) is 81.4 cm³/mol. The van der Waals surface area contributed by atoms with Crippen LogP contribution in [0.5, 0.6) is 5.75 Å². The SMILES string of the molecule is COc1ccc(N(C)c2c(C)cccc2N)cc1C. The number of nitrogens with two attached hydrogens (primary N) is 1. The fraction of sp³-hybridized carbons (Fsp3) is 0.250. The number of nitrogens with zero attached hydrogens (tertiary/aromatic N) is 1. The van der Waals surface area contributed by atoms with Crippen molar-refractivity contribution in [2.75, 3.05) is 24.8 Å². The zero-order chi connectivity index (χ0) is 14.0. The minimum Gasteiger partial charge on any atom is -0.496 e. The Morgan fingerprint density at radius 3 is 2.37 bits per heavy atom. The third kappa shape index (κ3) is 2.50. The maximum atomic E-state index is 6.09. The Kier molecular flexibility index (Phi) is 3.65. The molecular formula is C16H20N2O. The smallest absolute Gasteiger partial charge is 0.121 e. The van der Waals surface area contributed by atoms with Crippen LogP contribution in [0, 0.1) is 13.8 Å². The van der Waals surface area contributed by atoms with E-state index in [1.54, 1.807) is 7.11 Å². The molecule has 0 spiro atoms. The molecule has 0 heterocycles. The van der Waals surface area contributed by atoms with E-state index >= 15 is 0 Å². The van der Waals surface area contributed by atoms with Gasteiger partial charge in [-0.3, -0.25) is 0 Å². The van der Waals surface area contributed by atoms with Crippen LogP contribution < -0.4 is 15.4 Å². The highest BCUT2D eigenvalue weighted by Crippen LogP contribution is 2.33. The second-order valence-corrected chi connectivity index (χ2v) is 4.73. The first-order chi connectivity index (χ1) is 9.04. The topological polar surface area (TPSA) is 38.5 Å². The van der Waals surface area contributed by atoms with Gasteiger partial charge in [0.05, 0.1) is 18.5 Å². The Balaban J connectivity index is 2.44. The molecule has 0 aliphatic heterocycles. The molecule has 100 valence electrons. The van der Waals surface area contributed by atoms with E-state index in [2.05, 4.69) is 24.0 Å². The van der Waals surface area contributed by atoms with Crippen molar-refractivity contribution in [3.63, 3.8) is 0 Å². The molecule has 0 saturated heterocycles. The Bertz CT molecular complexity index is 573. The van der Waals surface area contributed by atoms with Crippen molar-refractivity contribution >= 4 is 17.1 Å². The highest BCUT2D eigenvalue weighted by molar-refractivity contribution is 5.77. The van der Waals surface area contributed by atoms with E-state index in [1.165, 1.54) is 0 Å². The third-order valence-corrected chi connectivity index (χ3v) is 3.37. The van der Waals surface area contributed by atoms with E-state index in [-0.39, 0.29) is 0 Å². The summed E-state index contributed by atoms with van der Waals surface area (Å²) in [6, 6.07) is 12.1. The van der Waals surface area contributed by atoms with Crippen LogP contribution in [0.2, 0.25) is 0 Å². The quantitative estimate of drug-likeness (QED) is 0.852. The molecule has 0 atom stereocenters. The Morgan fingerprint density at radius 2 is 1.79 bits per heavy atom. The standard InChI is InChI=1S/C16H20N2O/c1-11-6-5-7-14(17)16(11)18(3)13-8-9-15(19-4)12(2)10-13/h5-10H,17H2,1-4H3. The zero-order valence-electron chi connectivity index (χ0n) is 11.9. The number of aryl methyl sites for hydroxylation is 2. The average molecular weight is 256 g/mol. The second kappa shape index (κ2) is 5.22. The lowest BCUT2D eigenvalue weighted by atomic mass is 10.1. The molecular weight excluding hydrogens is 236 g/mol. The molecule has 2 N–H and O–H groups in total. The molecule has 3 heteroatoms. The summed E-state index contributed by atoms with van der Waals surface area (Å²) in [6.07, 6.45) is 0. The molecule has 0 aliphatic carbocycles. The van der Waals surface area contributed by atoms with Crippen LogP contribution in [0.25, 0.3) is 0 Å². The van der Waals surface area contributed by atoms with Crippen molar-refractivity contribution in [3.8, 4) is 5.75 Å². The number of hydrogen-bond donors (Lipinski definition) is 1. The number of nitrogen functional groups attached to an aromatic ring is 1. The van der Waals surface area contributed by atoms with Crippen LogP contribution in [-0.2, 0) is 0 Å². The summed E-state index contributed by atoms with van der Waals surface area (Å²) in [4.78, 5) is 2.11. The molecule has 0 fully saturated rings. The van der Waals surface area contributed by atoms with Gasteiger partial charge in [0.2, 0.25) is 0 Å². The minimum atomic E-state index is 0.788. The number of hydrogen-bond acceptors (Lipinski definition) is 3. The molecule has 2 rings (SSSR count). The number of rotatable bonds is 3. The fourth-order valence-electron chi connectivity index (χ4n) is 2.34. The highest BCUT2D eigenvalue weighted by Gasteiger charge is 2.11. The van der Waals surface area contributed by atoms with Gasteiger partial charge in [-0.05, 0) is 49.2 Å². The van der Waals surface area contributed by atoms with Crippen molar-refractivity contribution in [1.82, 2.24) is 0 Å². The molecule has 0 amide bonds. The Morgan fingerprint density at radius 1 is 1.05 bits per heavy atom. The summed E-state index contributed by atoms with van der Waals surface area (Å²) in [5, 5.41) is 0. The van der Waals surface area contributed by atoms with E-state index in [1.807, 2.05) is 38.2 Å². The number of methoxy groups -OCH3 is 1. The van der Waals surface area contributed by atoms with Gasteiger partial charge in [-0.1, -0.05) is 12.1 Å².